The van der Waals surface area contributed by atoms with Gasteiger partial charge >= 0.3 is 0 Å². The van der Waals surface area contributed by atoms with Crippen LogP contribution in [0.1, 0.15) is 12.8 Å². The van der Waals surface area contributed by atoms with E-state index in [1.165, 1.54) is 17.5 Å². The monoisotopic (exact) mass is 272 g/mol. The minimum atomic E-state index is 0.952. The number of hydrogen-bond acceptors (Lipinski definition) is 5. The van der Waals surface area contributed by atoms with E-state index in [4.69, 9.17) is 9.98 Å². The predicted molar refractivity (Wildman–Crippen MR) is 80.1 cm³/mol. The van der Waals surface area contributed by atoms with Crippen LogP contribution in [-0.4, -0.2) is 42.0 Å². The SMILES string of the molecule is c1ccc2sc(N3CCCN4CCCN=C43)nc2c1. The molecule has 0 atom stereocenters. The first-order valence-electron chi connectivity index (χ1n) is 6.84. The van der Waals surface area contributed by atoms with Gasteiger partial charge < -0.3 is 4.90 Å². The van der Waals surface area contributed by atoms with Gasteiger partial charge in [-0.2, -0.15) is 0 Å². The summed E-state index contributed by atoms with van der Waals surface area (Å²) in [5.74, 6) is 1.14. The van der Waals surface area contributed by atoms with Gasteiger partial charge in [0.1, 0.15) is 0 Å². The molecule has 0 aliphatic carbocycles. The minimum absolute atomic E-state index is 0.952. The number of hydrogen-bond donors (Lipinski definition) is 0. The molecule has 2 aliphatic heterocycles. The van der Waals surface area contributed by atoms with Gasteiger partial charge in [0.05, 0.1) is 10.2 Å². The van der Waals surface area contributed by atoms with Crippen molar-refractivity contribution in [1.29, 1.82) is 0 Å². The van der Waals surface area contributed by atoms with E-state index < -0.39 is 0 Å². The second-order valence-corrected chi connectivity index (χ2v) is 6.00. The number of aromatic nitrogens is 1. The number of thiazole rings is 1. The highest BCUT2D eigenvalue weighted by Crippen LogP contribution is 2.31. The third-order valence-corrected chi connectivity index (χ3v) is 4.75. The van der Waals surface area contributed by atoms with Gasteiger partial charge in [-0.15, -0.1) is 0 Å². The van der Waals surface area contributed by atoms with Gasteiger partial charge in [0.15, 0.2) is 5.13 Å². The third kappa shape index (κ3) is 1.89. The Balaban J connectivity index is 1.75. The topological polar surface area (TPSA) is 31.7 Å². The first-order valence-corrected chi connectivity index (χ1v) is 7.66. The molecule has 0 bridgehead atoms. The molecule has 4 rings (SSSR count). The summed E-state index contributed by atoms with van der Waals surface area (Å²) in [5, 5.41) is 1.09. The standard InChI is InChI=1S/C14H16N4S/c1-2-6-12-11(5-1)16-14(19-12)18-10-4-9-17-8-3-7-15-13(17)18/h1-2,5-6H,3-4,7-10H2. The largest absolute Gasteiger partial charge is 0.342 e. The van der Waals surface area contributed by atoms with Crippen LogP contribution in [0.15, 0.2) is 29.3 Å². The zero-order valence-electron chi connectivity index (χ0n) is 10.7. The average molecular weight is 272 g/mol. The quantitative estimate of drug-likeness (QED) is 0.799. The summed E-state index contributed by atoms with van der Waals surface area (Å²) in [4.78, 5) is 14.2. The predicted octanol–water partition coefficient (Wildman–Crippen LogP) is 2.57. The van der Waals surface area contributed by atoms with E-state index in [1.54, 1.807) is 11.3 Å². The van der Waals surface area contributed by atoms with Crippen molar-refractivity contribution in [2.24, 2.45) is 4.99 Å². The number of nitrogens with zero attached hydrogens (tertiary/aromatic N) is 4. The normalized spacial score (nSPS) is 19.5. The summed E-state index contributed by atoms with van der Waals surface area (Å²) >= 11 is 1.77. The maximum atomic E-state index is 4.76. The molecule has 2 aliphatic rings. The zero-order chi connectivity index (χ0) is 12.7. The van der Waals surface area contributed by atoms with Crippen molar-refractivity contribution in [3.05, 3.63) is 24.3 Å². The Labute approximate surface area is 116 Å². The summed E-state index contributed by atoms with van der Waals surface area (Å²) in [7, 11) is 0. The van der Waals surface area contributed by atoms with Crippen LogP contribution in [0.2, 0.25) is 0 Å². The van der Waals surface area contributed by atoms with Gasteiger partial charge in [-0.1, -0.05) is 23.5 Å². The van der Waals surface area contributed by atoms with Crippen LogP contribution in [0.25, 0.3) is 10.2 Å². The highest BCUT2D eigenvalue weighted by atomic mass is 32.1. The Morgan fingerprint density at radius 1 is 1.05 bits per heavy atom. The lowest BCUT2D eigenvalue weighted by Gasteiger charge is -2.39. The van der Waals surface area contributed by atoms with Crippen molar-refractivity contribution in [2.45, 2.75) is 12.8 Å². The van der Waals surface area contributed by atoms with Crippen molar-refractivity contribution in [2.75, 3.05) is 31.1 Å². The van der Waals surface area contributed by atoms with Crippen LogP contribution >= 0.6 is 11.3 Å². The Morgan fingerprint density at radius 3 is 2.89 bits per heavy atom. The number of anilines is 1. The Bertz CT molecular complexity index is 600. The minimum Gasteiger partial charge on any atom is -0.342 e. The highest BCUT2D eigenvalue weighted by Gasteiger charge is 2.28. The van der Waals surface area contributed by atoms with E-state index >= 15 is 0 Å². The second kappa shape index (κ2) is 4.49. The second-order valence-electron chi connectivity index (χ2n) is 4.99. The summed E-state index contributed by atoms with van der Waals surface area (Å²) < 4.78 is 1.26. The Morgan fingerprint density at radius 2 is 1.95 bits per heavy atom. The summed E-state index contributed by atoms with van der Waals surface area (Å²) in [6.07, 6.45) is 2.37. The van der Waals surface area contributed by atoms with Crippen molar-refractivity contribution >= 4 is 32.6 Å². The first-order chi connectivity index (χ1) is 9.42. The number of rotatable bonds is 1. The number of para-hydroxylation sites is 1. The third-order valence-electron chi connectivity index (χ3n) is 3.69. The summed E-state index contributed by atoms with van der Waals surface area (Å²) in [6.45, 7) is 4.27. The maximum absolute atomic E-state index is 4.76. The fourth-order valence-corrected chi connectivity index (χ4v) is 3.77. The van der Waals surface area contributed by atoms with E-state index in [0.29, 0.717) is 0 Å². The molecule has 4 nitrogen and oxygen atoms in total. The molecule has 98 valence electrons. The number of aliphatic imine (C=N–C) groups is 1. The molecule has 1 aromatic heterocycles. The molecule has 0 N–H and O–H groups in total. The van der Waals surface area contributed by atoms with Crippen LogP contribution in [0.3, 0.4) is 0 Å². The molecule has 1 fully saturated rings. The lowest BCUT2D eigenvalue weighted by atomic mass is 10.2. The van der Waals surface area contributed by atoms with E-state index in [1.807, 2.05) is 6.07 Å². The molecule has 5 heteroatoms. The number of guanidine groups is 1. The molecule has 1 aromatic carbocycles. The molecule has 3 heterocycles. The van der Waals surface area contributed by atoms with E-state index in [0.717, 1.165) is 42.8 Å². The molecule has 0 unspecified atom stereocenters. The van der Waals surface area contributed by atoms with Crippen LogP contribution in [-0.2, 0) is 0 Å². The highest BCUT2D eigenvalue weighted by molar-refractivity contribution is 7.22. The molecule has 1 saturated heterocycles. The fourth-order valence-electron chi connectivity index (χ4n) is 2.78. The lowest BCUT2D eigenvalue weighted by Crippen LogP contribution is -2.52. The van der Waals surface area contributed by atoms with Gasteiger partial charge in [0, 0.05) is 26.2 Å². The number of benzene rings is 1. The van der Waals surface area contributed by atoms with Gasteiger partial charge in [0.25, 0.3) is 0 Å². The molecule has 0 saturated carbocycles. The number of fused-ring (bicyclic) bond motifs is 2. The zero-order valence-corrected chi connectivity index (χ0v) is 11.6. The van der Waals surface area contributed by atoms with Crippen LogP contribution in [0.4, 0.5) is 5.13 Å². The van der Waals surface area contributed by atoms with Crippen LogP contribution < -0.4 is 4.90 Å². The molecule has 2 aromatic rings. The smallest absolute Gasteiger partial charge is 0.202 e. The van der Waals surface area contributed by atoms with Crippen molar-refractivity contribution in [3.63, 3.8) is 0 Å². The molecular formula is C14H16N4S. The van der Waals surface area contributed by atoms with Gasteiger partial charge in [-0.3, -0.25) is 9.89 Å². The molecule has 0 spiro atoms. The molecule has 0 radical (unpaired) electrons. The van der Waals surface area contributed by atoms with Crippen molar-refractivity contribution < 1.29 is 0 Å². The average Bonchev–Trinajstić information content (AvgIpc) is 2.90. The van der Waals surface area contributed by atoms with Gasteiger partial charge in [0.2, 0.25) is 5.96 Å². The summed E-state index contributed by atoms with van der Waals surface area (Å²) in [5.41, 5.74) is 1.09. The van der Waals surface area contributed by atoms with Crippen molar-refractivity contribution in [3.8, 4) is 0 Å². The van der Waals surface area contributed by atoms with Gasteiger partial charge in [-0.25, -0.2) is 4.98 Å². The van der Waals surface area contributed by atoms with Crippen molar-refractivity contribution in [1.82, 2.24) is 9.88 Å². The maximum Gasteiger partial charge on any atom is 0.202 e. The van der Waals surface area contributed by atoms with E-state index in [2.05, 4.69) is 28.0 Å². The van der Waals surface area contributed by atoms with E-state index in [9.17, 15) is 0 Å². The van der Waals surface area contributed by atoms with E-state index in [-0.39, 0.29) is 0 Å². The lowest BCUT2D eigenvalue weighted by molar-refractivity contribution is 0.360. The molecular weight excluding hydrogens is 256 g/mol. The first kappa shape index (κ1) is 11.2. The van der Waals surface area contributed by atoms with Gasteiger partial charge in [-0.05, 0) is 25.0 Å². The summed E-state index contributed by atoms with van der Waals surface area (Å²) in [6, 6.07) is 8.35. The Hall–Kier alpha value is -1.62. The van der Waals surface area contributed by atoms with Crippen LogP contribution in [0, 0.1) is 0 Å². The Kier molecular flexibility index (Phi) is 2.65. The van der Waals surface area contributed by atoms with Crippen LogP contribution in [0.5, 0.6) is 0 Å². The fraction of sp³-hybridized carbons (Fsp3) is 0.429. The molecule has 0 amide bonds. The molecule has 19 heavy (non-hydrogen) atoms.